The molecule has 1 aromatic carbocycles. The third-order valence-electron chi connectivity index (χ3n) is 1.27. The maximum atomic E-state index is 4.16. The van der Waals surface area contributed by atoms with E-state index < -0.39 is 0 Å². The third kappa shape index (κ3) is 2.85. The molecule has 0 fully saturated rings. The molecule has 1 N–H and O–H groups in total. The topological polar surface area (TPSA) is 24.4 Å². The fourth-order valence-corrected chi connectivity index (χ4v) is 0.726. The molecule has 58 valence electrons. The lowest BCUT2D eigenvalue weighted by atomic mass is 10.3. The summed E-state index contributed by atoms with van der Waals surface area (Å²) in [7, 11) is 0. The summed E-state index contributed by atoms with van der Waals surface area (Å²) < 4.78 is 0. The van der Waals surface area contributed by atoms with Gasteiger partial charge >= 0.3 is 0 Å². The van der Waals surface area contributed by atoms with E-state index >= 15 is 0 Å². The van der Waals surface area contributed by atoms with Crippen LogP contribution in [0.1, 0.15) is 6.92 Å². The maximum absolute atomic E-state index is 4.16. The zero-order chi connectivity index (χ0) is 7.94. The molecular formula is C9H12N2. The standard InChI is InChI=1S/C9H12N2/c1-2-10-8-11-9-6-4-3-5-7-9/h3-8H,2H2,1H3,(H,10,11). The first kappa shape index (κ1) is 7.79. The van der Waals surface area contributed by atoms with Gasteiger partial charge in [-0.05, 0) is 19.1 Å². The summed E-state index contributed by atoms with van der Waals surface area (Å²) in [5.74, 6) is 0. The van der Waals surface area contributed by atoms with E-state index in [0.717, 1.165) is 12.2 Å². The van der Waals surface area contributed by atoms with E-state index in [-0.39, 0.29) is 0 Å². The summed E-state index contributed by atoms with van der Waals surface area (Å²) in [5, 5.41) is 3.01. The average Bonchev–Trinajstić information content (AvgIpc) is 2.07. The first-order valence-electron chi connectivity index (χ1n) is 3.74. The summed E-state index contributed by atoms with van der Waals surface area (Å²) in [6.45, 7) is 2.95. The van der Waals surface area contributed by atoms with E-state index in [1.807, 2.05) is 37.3 Å². The minimum atomic E-state index is 0.913. The number of nitrogens with zero attached hydrogens (tertiary/aromatic N) is 1. The molecule has 11 heavy (non-hydrogen) atoms. The van der Waals surface area contributed by atoms with Crippen LogP contribution in [-0.4, -0.2) is 12.9 Å². The Hall–Kier alpha value is -1.31. The minimum absolute atomic E-state index is 0.913. The Morgan fingerprint density at radius 3 is 2.73 bits per heavy atom. The van der Waals surface area contributed by atoms with Crippen LogP contribution in [0, 0.1) is 0 Å². The molecule has 0 aliphatic carbocycles. The second-order valence-corrected chi connectivity index (χ2v) is 2.15. The highest BCUT2D eigenvalue weighted by Crippen LogP contribution is 2.07. The van der Waals surface area contributed by atoms with Crippen molar-refractivity contribution in [2.24, 2.45) is 4.99 Å². The summed E-state index contributed by atoms with van der Waals surface area (Å²) in [6, 6.07) is 9.85. The van der Waals surface area contributed by atoms with Gasteiger partial charge in [0.1, 0.15) is 0 Å². The largest absolute Gasteiger partial charge is 0.376 e. The smallest absolute Gasteiger partial charge is 0.0886 e. The molecule has 0 atom stereocenters. The first-order chi connectivity index (χ1) is 5.43. The number of hydrogen-bond acceptors (Lipinski definition) is 1. The lowest BCUT2D eigenvalue weighted by Gasteiger charge is -1.92. The van der Waals surface area contributed by atoms with E-state index in [9.17, 15) is 0 Å². The normalized spacial score (nSPS) is 10.3. The van der Waals surface area contributed by atoms with Crippen molar-refractivity contribution in [3.05, 3.63) is 30.3 Å². The Morgan fingerprint density at radius 1 is 1.36 bits per heavy atom. The molecule has 0 heterocycles. The Balaban J connectivity index is 2.50. The van der Waals surface area contributed by atoms with E-state index in [4.69, 9.17) is 0 Å². The van der Waals surface area contributed by atoms with Crippen LogP contribution in [-0.2, 0) is 0 Å². The van der Waals surface area contributed by atoms with E-state index in [1.54, 1.807) is 6.34 Å². The number of nitrogens with one attached hydrogen (secondary N) is 1. The van der Waals surface area contributed by atoms with Crippen molar-refractivity contribution in [1.82, 2.24) is 5.32 Å². The Morgan fingerprint density at radius 2 is 2.09 bits per heavy atom. The monoisotopic (exact) mass is 148 g/mol. The summed E-state index contributed by atoms with van der Waals surface area (Å²) in [6.07, 6.45) is 1.72. The van der Waals surface area contributed by atoms with Gasteiger partial charge in [0, 0.05) is 6.54 Å². The molecular weight excluding hydrogens is 136 g/mol. The minimum Gasteiger partial charge on any atom is -0.376 e. The lowest BCUT2D eigenvalue weighted by molar-refractivity contribution is 0.987. The second kappa shape index (κ2) is 4.50. The Bertz CT molecular complexity index is 216. The highest BCUT2D eigenvalue weighted by molar-refractivity contribution is 5.60. The molecule has 0 amide bonds. The molecule has 0 bridgehead atoms. The van der Waals surface area contributed by atoms with Gasteiger partial charge in [-0.2, -0.15) is 0 Å². The quantitative estimate of drug-likeness (QED) is 0.514. The molecule has 2 heteroatoms. The van der Waals surface area contributed by atoms with Gasteiger partial charge in [-0.1, -0.05) is 18.2 Å². The van der Waals surface area contributed by atoms with Gasteiger partial charge in [-0.25, -0.2) is 4.99 Å². The maximum Gasteiger partial charge on any atom is 0.0886 e. The molecule has 0 saturated heterocycles. The molecule has 0 aliphatic rings. The van der Waals surface area contributed by atoms with Crippen molar-refractivity contribution in [3.8, 4) is 0 Å². The van der Waals surface area contributed by atoms with Crippen LogP contribution in [0.15, 0.2) is 35.3 Å². The number of hydrogen-bond donors (Lipinski definition) is 1. The first-order valence-corrected chi connectivity index (χ1v) is 3.74. The van der Waals surface area contributed by atoms with Crippen LogP contribution in [0.25, 0.3) is 0 Å². The van der Waals surface area contributed by atoms with Gasteiger partial charge in [0.25, 0.3) is 0 Å². The van der Waals surface area contributed by atoms with Gasteiger partial charge in [-0.3, -0.25) is 0 Å². The predicted octanol–water partition coefficient (Wildman–Crippen LogP) is 1.96. The molecule has 1 aromatic rings. The van der Waals surface area contributed by atoms with Gasteiger partial charge in [0.2, 0.25) is 0 Å². The van der Waals surface area contributed by atoms with Crippen LogP contribution in [0.4, 0.5) is 5.69 Å². The van der Waals surface area contributed by atoms with Crippen molar-refractivity contribution in [1.29, 1.82) is 0 Å². The SMILES string of the molecule is CCNC=Nc1ccccc1. The third-order valence-corrected chi connectivity index (χ3v) is 1.27. The van der Waals surface area contributed by atoms with Gasteiger partial charge in [-0.15, -0.1) is 0 Å². The predicted molar refractivity (Wildman–Crippen MR) is 48.3 cm³/mol. The summed E-state index contributed by atoms with van der Waals surface area (Å²) >= 11 is 0. The van der Waals surface area contributed by atoms with Crippen LogP contribution in [0.5, 0.6) is 0 Å². The van der Waals surface area contributed by atoms with Crippen molar-refractivity contribution >= 4 is 12.0 Å². The van der Waals surface area contributed by atoms with Crippen molar-refractivity contribution < 1.29 is 0 Å². The highest BCUT2D eigenvalue weighted by Gasteiger charge is 1.80. The zero-order valence-corrected chi connectivity index (χ0v) is 6.62. The molecule has 1 rings (SSSR count). The van der Waals surface area contributed by atoms with Gasteiger partial charge < -0.3 is 5.32 Å². The van der Waals surface area contributed by atoms with Gasteiger partial charge in [0.05, 0.1) is 12.0 Å². The summed E-state index contributed by atoms with van der Waals surface area (Å²) in [4.78, 5) is 4.16. The van der Waals surface area contributed by atoms with Crippen LogP contribution in [0.2, 0.25) is 0 Å². The highest BCUT2D eigenvalue weighted by atomic mass is 14.9. The molecule has 0 saturated carbocycles. The second-order valence-electron chi connectivity index (χ2n) is 2.15. The van der Waals surface area contributed by atoms with Crippen LogP contribution < -0.4 is 5.32 Å². The van der Waals surface area contributed by atoms with Crippen molar-refractivity contribution in [2.75, 3.05) is 6.54 Å². The van der Waals surface area contributed by atoms with E-state index in [0.29, 0.717) is 0 Å². The lowest BCUT2D eigenvalue weighted by Crippen LogP contribution is -2.08. The number of benzene rings is 1. The van der Waals surface area contributed by atoms with Crippen LogP contribution >= 0.6 is 0 Å². The van der Waals surface area contributed by atoms with Gasteiger partial charge in [0.15, 0.2) is 0 Å². The molecule has 0 aliphatic heterocycles. The number of para-hydroxylation sites is 1. The Kier molecular flexibility index (Phi) is 3.19. The molecule has 0 spiro atoms. The fourth-order valence-electron chi connectivity index (χ4n) is 0.726. The number of aliphatic imine (C=N–C) groups is 1. The van der Waals surface area contributed by atoms with Crippen LogP contribution in [0.3, 0.4) is 0 Å². The molecule has 0 radical (unpaired) electrons. The molecule has 2 nitrogen and oxygen atoms in total. The average molecular weight is 148 g/mol. The fraction of sp³-hybridized carbons (Fsp3) is 0.222. The zero-order valence-electron chi connectivity index (χ0n) is 6.62. The molecule has 0 aromatic heterocycles. The van der Waals surface area contributed by atoms with E-state index in [2.05, 4.69) is 10.3 Å². The van der Waals surface area contributed by atoms with Crippen molar-refractivity contribution in [3.63, 3.8) is 0 Å². The van der Waals surface area contributed by atoms with E-state index in [1.165, 1.54) is 0 Å². The Labute approximate surface area is 67.0 Å². The summed E-state index contributed by atoms with van der Waals surface area (Å²) in [5.41, 5.74) is 0.980. The van der Waals surface area contributed by atoms with Crippen molar-refractivity contribution in [2.45, 2.75) is 6.92 Å². The number of rotatable bonds is 3. The molecule has 0 unspecified atom stereocenters.